The normalized spacial score (nSPS) is 10.0. The van der Waals surface area contributed by atoms with Crippen LogP contribution in [0.25, 0.3) is 0 Å². The Labute approximate surface area is 103 Å². The Morgan fingerprint density at radius 1 is 1.33 bits per heavy atom. The van der Waals surface area contributed by atoms with Gasteiger partial charge in [-0.25, -0.2) is 0 Å². The minimum atomic E-state index is -0.575. The average Bonchev–Trinajstić information content (AvgIpc) is 2.37. The zero-order chi connectivity index (χ0) is 13.0. The van der Waals surface area contributed by atoms with E-state index in [1.165, 1.54) is 12.3 Å². The summed E-state index contributed by atoms with van der Waals surface area (Å²) in [5.74, 6) is -0.147. The van der Waals surface area contributed by atoms with Crippen LogP contribution in [0.5, 0.6) is 5.75 Å². The van der Waals surface area contributed by atoms with Gasteiger partial charge in [0, 0.05) is 5.69 Å². The van der Waals surface area contributed by atoms with Crippen LogP contribution in [0.15, 0.2) is 42.6 Å². The zero-order valence-corrected chi connectivity index (χ0v) is 9.45. The van der Waals surface area contributed by atoms with Gasteiger partial charge in [-0.2, -0.15) is 0 Å². The molecule has 1 heterocycles. The summed E-state index contributed by atoms with van der Waals surface area (Å²) < 4.78 is 5.38. The van der Waals surface area contributed by atoms with Crippen LogP contribution in [0.2, 0.25) is 0 Å². The quantitative estimate of drug-likeness (QED) is 0.506. The van der Waals surface area contributed by atoms with Crippen molar-refractivity contribution < 1.29 is 9.66 Å². The number of nitrogens with two attached hydrogens (primary N) is 1. The second-order valence-corrected chi connectivity index (χ2v) is 3.62. The number of aromatic nitrogens is 1. The Hall–Kier alpha value is -2.63. The summed E-state index contributed by atoms with van der Waals surface area (Å²) >= 11 is 0. The minimum Gasteiger partial charge on any atom is -0.481 e. The first-order valence-electron chi connectivity index (χ1n) is 5.23. The minimum absolute atomic E-state index is 0.143. The first-order valence-corrected chi connectivity index (χ1v) is 5.23. The molecule has 1 aromatic carbocycles. The van der Waals surface area contributed by atoms with E-state index in [0.29, 0.717) is 5.69 Å². The molecule has 0 aliphatic carbocycles. The number of hydrogen-bond donors (Lipinski definition) is 1. The van der Waals surface area contributed by atoms with E-state index in [4.69, 9.17) is 10.5 Å². The highest BCUT2D eigenvalue weighted by atomic mass is 16.6. The molecule has 0 saturated heterocycles. The van der Waals surface area contributed by atoms with Crippen molar-refractivity contribution in [2.75, 3.05) is 5.73 Å². The van der Waals surface area contributed by atoms with E-state index in [9.17, 15) is 10.1 Å². The second-order valence-electron chi connectivity index (χ2n) is 3.62. The SMILES string of the molecule is Nc1cccc(COc2cccnc2[N+](=O)[O-])c1. The number of ether oxygens (including phenoxy) is 1. The lowest BCUT2D eigenvalue weighted by Gasteiger charge is -2.06. The molecular weight excluding hydrogens is 234 g/mol. The van der Waals surface area contributed by atoms with Crippen molar-refractivity contribution in [3.8, 4) is 5.75 Å². The molecule has 0 fully saturated rings. The lowest BCUT2D eigenvalue weighted by molar-refractivity contribution is -0.390. The highest BCUT2D eigenvalue weighted by molar-refractivity contribution is 5.41. The first-order chi connectivity index (χ1) is 8.66. The largest absolute Gasteiger partial charge is 0.481 e. The molecule has 0 aliphatic heterocycles. The summed E-state index contributed by atoms with van der Waals surface area (Å²) in [6.07, 6.45) is 1.35. The summed E-state index contributed by atoms with van der Waals surface area (Å²) in [5, 5.41) is 10.7. The molecule has 6 nitrogen and oxygen atoms in total. The fourth-order valence-electron chi connectivity index (χ4n) is 1.48. The lowest BCUT2D eigenvalue weighted by Crippen LogP contribution is -2.01. The molecule has 18 heavy (non-hydrogen) atoms. The van der Waals surface area contributed by atoms with Gasteiger partial charge in [-0.3, -0.25) is 0 Å². The van der Waals surface area contributed by atoms with Crippen LogP contribution in [0, 0.1) is 10.1 Å². The van der Waals surface area contributed by atoms with Crippen molar-refractivity contribution in [2.24, 2.45) is 0 Å². The number of hydrogen-bond acceptors (Lipinski definition) is 5. The van der Waals surface area contributed by atoms with Crippen molar-refractivity contribution in [1.29, 1.82) is 0 Å². The van der Waals surface area contributed by atoms with Gasteiger partial charge in [0.05, 0.1) is 0 Å². The Balaban J connectivity index is 2.13. The first kappa shape index (κ1) is 11.8. The zero-order valence-electron chi connectivity index (χ0n) is 9.45. The third-order valence-corrected chi connectivity index (χ3v) is 2.27. The van der Waals surface area contributed by atoms with Crippen molar-refractivity contribution in [3.63, 3.8) is 0 Å². The molecule has 2 rings (SSSR count). The molecular formula is C12H11N3O3. The highest BCUT2D eigenvalue weighted by Crippen LogP contribution is 2.24. The summed E-state index contributed by atoms with van der Waals surface area (Å²) in [5.41, 5.74) is 7.09. The number of rotatable bonds is 4. The Kier molecular flexibility index (Phi) is 3.38. The number of nitrogen functional groups attached to an aromatic ring is 1. The molecule has 0 radical (unpaired) electrons. The van der Waals surface area contributed by atoms with Gasteiger partial charge in [-0.1, -0.05) is 12.1 Å². The van der Waals surface area contributed by atoms with Crippen LogP contribution < -0.4 is 10.5 Å². The fraction of sp³-hybridized carbons (Fsp3) is 0.0833. The van der Waals surface area contributed by atoms with Gasteiger partial charge >= 0.3 is 5.82 Å². The van der Waals surface area contributed by atoms with E-state index in [2.05, 4.69) is 4.98 Å². The van der Waals surface area contributed by atoms with E-state index >= 15 is 0 Å². The summed E-state index contributed by atoms with van der Waals surface area (Å²) in [6.45, 7) is 0.206. The number of nitrogens with zero attached hydrogens (tertiary/aromatic N) is 2. The van der Waals surface area contributed by atoms with E-state index < -0.39 is 4.92 Å². The summed E-state index contributed by atoms with van der Waals surface area (Å²) in [7, 11) is 0. The Morgan fingerprint density at radius 3 is 2.89 bits per heavy atom. The molecule has 6 heteroatoms. The number of nitro groups is 1. The monoisotopic (exact) mass is 245 g/mol. The third kappa shape index (κ3) is 2.73. The number of benzene rings is 1. The lowest BCUT2D eigenvalue weighted by atomic mass is 10.2. The van der Waals surface area contributed by atoms with Crippen molar-refractivity contribution >= 4 is 11.5 Å². The van der Waals surface area contributed by atoms with Crippen LogP contribution in [-0.2, 0) is 6.61 Å². The van der Waals surface area contributed by atoms with Crippen LogP contribution in [-0.4, -0.2) is 9.91 Å². The van der Waals surface area contributed by atoms with Crippen molar-refractivity contribution in [2.45, 2.75) is 6.61 Å². The Morgan fingerprint density at radius 2 is 2.17 bits per heavy atom. The van der Waals surface area contributed by atoms with Gasteiger partial charge < -0.3 is 20.6 Å². The second kappa shape index (κ2) is 5.13. The number of pyridine rings is 1. The Bertz CT molecular complexity index is 572. The maximum Gasteiger partial charge on any atom is 0.406 e. The van der Waals surface area contributed by atoms with Gasteiger partial charge in [0.15, 0.2) is 0 Å². The standard InChI is InChI=1S/C12H11N3O3/c13-10-4-1-3-9(7-10)8-18-11-5-2-6-14-12(11)15(16)17/h1-7H,8,13H2. The van der Waals surface area contributed by atoms with E-state index in [1.807, 2.05) is 6.07 Å². The molecule has 1 aromatic heterocycles. The van der Waals surface area contributed by atoms with E-state index in [1.54, 1.807) is 24.3 Å². The summed E-state index contributed by atoms with van der Waals surface area (Å²) in [6, 6.07) is 10.2. The molecule has 92 valence electrons. The van der Waals surface area contributed by atoms with Crippen LogP contribution in [0.4, 0.5) is 11.5 Å². The molecule has 0 saturated carbocycles. The van der Waals surface area contributed by atoms with E-state index in [0.717, 1.165) is 5.56 Å². The highest BCUT2D eigenvalue weighted by Gasteiger charge is 2.15. The van der Waals surface area contributed by atoms with Crippen molar-refractivity contribution in [1.82, 2.24) is 4.98 Å². The molecule has 0 aliphatic rings. The molecule has 2 N–H and O–H groups in total. The molecule has 0 atom stereocenters. The summed E-state index contributed by atoms with van der Waals surface area (Å²) in [4.78, 5) is 13.8. The predicted molar refractivity (Wildman–Crippen MR) is 66.1 cm³/mol. The van der Waals surface area contributed by atoms with Crippen LogP contribution >= 0.6 is 0 Å². The molecule has 0 spiro atoms. The van der Waals surface area contributed by atoms with Gasteiger partial charge in [-0.05, 0) is 39.7 Å². The maximum atomic E-state index is 10.7. The molecule has 2 aromatic rings. The maximum absolute atomic E-state index is 10.7. The molecule has 0 unspecified atom stereocenters. The molecule has 0 amide bonds. The third-order valence-electron chi connectivity index (χ3n) is 2.27. The van der Waals surface area contributed by atoms with Crippen LogP contribution in [0.1, 0.15) is 5.56 Å². The van der Waals surface area contributed by atoms with Gasteiger partial charge in [0.1, 0.15) is 12.8 Å². The number of anilines is 1. The van der Waals surface area contributed by atoms with Gasteiger partial charge in [0.25, 0.3) is 0 Å². The fourth-order valence-corrected chi connectivity index (χ4v) is 1.48. The van der Waals surface area contributed by atoms with Gasteiger partial charge in [0.2, 0.25) is 5.75 Å². The van der Waals surface area contributed by atoms with Crippen LogP contribution in [0.3, 0.4) is 0 Å². The molecule has 0 bridgehead atoms. The van der Waals surface area contributed by atoms with Gasteiger partial charge in [-0.15, -0.1) is 0 Å². The topological polar surface area (TPSA) is 91.3 Å². The average molecular weight is 245 g/mol. The van der Waals surface area contributed by atoms with Crippen molar-refractivity contribution in [3.05, 3.63) is 58.3 Å². The van der Waals surface area contributed by atoms with E-state index in [-0.39, 0.29) is 18.2 Å². The smallest absolute Gasteiger partial charge is 0.406 e. The predicted octanol–water partition coefficient (Wildman–Crippen LogP) is 2.15.